The number of nitrogens with zero attached hydrogens (tertiary/aromatic N) is 3. The normalized spacial score (nSPS) is 10.9. The quantitative estimate of drug-likeness (QED) is 0.341. The number of H-pyrrole nitrogens is 3. The Morgan fingerprint density at radius 2 is 1.00 bits per heavy atom. The molecule has 0 aromatic carbocycles. The second kappa shape index (κ2) is 8.34. The average molecular weight is 475 g/mol. The van der Waals surface area contributed by atoms with Crippen LogP contribution in [-0.4, -0.2) is 41.3 Å². The molecule has 0 unspecified atom stereocenters. The van der Waals surface area contributed by atoms with Gasteiger partial charge in [0.25, 0.3) is 0 Å². The van der Waals surface area contributed by atoms with Crippen LogP contribution in [0.3, 0.4) is 0 Å². The number of rotatable bonds is 6. The van der Waals surface area contributed by atoms with E-state index in [0.717, 1.165) is 13.0 Å². The van der Waals surface area contributed by atoms with Crippen molar-refractivity contribution in [1.82, 2.24) is 30.6 Å². The summed E-state index contributed by atoms with van der Waals surface area (Å²) in [4.78, 5) is 0. The summed E-state index contributed by atoms with van der Waals surface area (Å²) >= 11 is 19.7. The molecule has 0 bridgehead atoms. The van der Waals surface area contributed by atoms with E-state index in [1.54, 1.807) is 30.4 Å². The molecular weight excluding hydrogens is 472 g/mol. The lowest BCUT2D eigenvalue weighted by atomic mass is 11.6. The molecule has 3 heterocycles. The van der Waals surface area contributed by atoms with Crippen molar-refractivity contribution < 1.29 is 0 Å². The Bertz CT molecular complexity index is 794. The Labute approximate surface area is 165 Å². The fraction of sp³-hybridized carbons (Fsp3) is 0. The van der Waals surface area contributed by atoms with Gasteiger partial charge < -0.3 is 0 Å². The van der Waals surface area contributed by atoms with Crippen molar-refractivity contribution in [3.05, 3.63) is 11.9 Å². The number of aromatic nitrogens is 6. The largest absolute Gasteiger partial charge is 0.536 e. The van der Waals surface area contributed by atoms with Crippen LogP contribution in [0.25, 0.3) is 0 Å². The van der Waals surface area contributed by atoms with Gasteiger partial charge >= 0.3 is 10.8 Å². The van der Waals surface area contributed by atoms with E-state index in [2.05, 4.69) is 30.6 Å². The molecule has 3 aromatic heterocycles. The molecule has 0 aliphatic carbocycles. The summed E-state index contributed by atoms with van der Waals surface area (Å²) in [5, 5.41) is 21.1. The monoisotopic (exact) mass is 474 g/mol. The van der Waals surface area contributed by atoms with Crippen molar-refractivity contribution >= 4 is 112 Å². The Morgan fingerprint density at radius 3 is 1.23 bits per heavy atom. The highest BCUT2D eigenvalue weighted by Gasteiger charge is 2.28. The molecule has 0 radical (unpaired) electrons. The first-order valence-electron chi connectivity index (χ1n) is 5.25. The molecule has 3 aromatic rings. The zero-order chi connectivity index (χ0) is 15.5. The van der Waals surface area contributed by atoms with Crippen molar-refractivity contribution in [3.8, 4) is 0 Å². The molecule has 0 amide bonds. The van der Waals surface area contributed by atoms with E-state index in [1.165, 1.54) is 34.0 Å². The van der Waals surface area contributed by atoms with Crippen molar-refractivity contribution in [2.24, 2.45) is 0 Å². The Balaban J connectivity index is 1.78. The lowest BCUT2D eigenvalue weighted by Crippen LogP contribution is -1.97. The molecule has 0 spiro atoms. The van der Waals surface area contributed by atoms with Crippen LogP contribution in [0.5, 0.6) is 0 Å². The van der Waals surface area contributed by atoms with Crippen molar-refractivity contribution in [2.75, 3.05) is 0 Å². The van der Waals surface area contributed by atoms with E-state index in [9.17, 15) is 0 Å². The maximum absolute atomic E-state index is 5.08. The minimum absolute atomic E-state index is 0.677. The van der Waals surface area contributed by atoms with Crippen LogP contribution in [0, 0.1) is 11.9 Å². The minimum Gasteiger partial charge on any atom is -0.257 e. The molecule has 3 rings (SSSR count). The number of hydrogen-bond donors (Lipinski definition) is 3. The lowest BCUT2D eigenvalue weighted by Gasteiger charge is -2.04. The number of hydrogen-bond acceptors (Lipinski definition) is 12. The first-order valence-corrected chi connectivity index (χ1v) is 15.8. The molecule has 0 atom stereocenters. The summed E-state index contributed by atoms with van der Waals surface area (Å²) in [6, 6.07) is 0. The highest BCUT2D eigenvalue weighted by atomic mass is 32.7. The summed E-state index contributed by atoms with van der Waals surface area (Å²) in [5.41, 5.74) is 0. The highest BCUT2D eigenvalue weighted by molar-refractivity contribution is 8.77. The van der Waals surface area contributed by atoms with Gasteiger partial charge in [0.2, 0.25) is 0 Å². The average Bonchev–Trinajstić information content (AvgIpc) is 3.14. The smallest absolute Gasteiger partial charge is 0.257 e. The van der Waals surface area contributed by atoms with Crippen LogP contribution in [0.15, 0.2) is 13.0 Å². The standard InChI is InChI=1S/3C2H2N2S3.Al/c3*5-1-3-4-2(6)7-1;/h3*(H,3,5)(H,4,6);/q;;;+3/p-3. The second-order valence-corrected chi connectivity index (χ2v) is 20.5. The maximum atomic E-state index is 5.08. The molecule has 0 fully saturated rings. The molecule has 0 aliphatic rings. The van der Waals surface area contributed by atoms with E-state index >= 15 is 0 Å². The van der Waals surface area contributed by atoms with Crippen LogP contribution in [0.4, 0.5) is 0 Å². The first kappa shape index (κ1) is 17.7. The summed E-state index contributed by atoms with van der Waals surface area (Å²) < 4.78 is 4.82. The molecule has 16 heteroatoms. The molecule has 0 saturated heterocycles. The molecule has 22 heavy (non-hydrogen) atoms. The fourth-order valence-corrected chi connectivity index (χ4v) is 21.5. The SMILES string of the molecule is S=c1[nH]nc([S][Al]([S]c2n[nH]c(=S)s2)[S]c2n[nH]c(=S)s2)s1. The molecule has 0 aliphatic heterocycles. The summed E-state index contributed by atoms with van der Waals surface area (Å²) in [5.74, 6) is 0. The zero-order valence-corrected chi connectivity index (χ0v) is 18.6. The van der Waals surface area contributed by atoms with Crippen molar-refractivity contribution in [3.63, 3.8) is 0 Å². The van der Waals surface area contributed by atoms with Gasteiger partial charge in [-0.3, -0.25) is 15.3 Å². The van der Waals surface area contributed by atoms with E-state index in [0.29, 0.717) is 11.9 Å². The van der Waals surface area contributed by atoms with Crippen LogP contribution < -0.4 is 0 Å². The van der Waals surface area contributed by atoms with Gasteiger partial charge in [-0.05, 0) is 36.7 Å². The molecular formula is C6H3AlN6S9. The molecule has 0 saturated carbocycles. The van der Waals surface area contributed by atoms with Crippen molar-refractivity contribution in [1.29, 1.82) is 0 Å². The lowest BCUT2D eigenvalue weighted by molar-refractivity contribution is 1.00. The van der Waals surface area contributed by atoms with E-state index < -0.39 is 10.8 Å². The van der Waals surface area contributed by atoms with E-state index in [1.807, 2.05) is 0 Å². The third kappa shape index (κ3) is 5.21. The van der Waals surface area contributed by atoms with Gasteiger partial charge in [-0.1, -0.05) is 34.0 Å². The zero-order valence-electron chi connectivity index (χ0n) is 10.1. The van der Waals surface area contributed by atoms with Crippen LogP contribution in [0.2, 0.25) is 0 Å². The van der Waals surface area contributed by atoms with E-state index in [4.69, 9.17) is 36.7 Å². The predicted octanol–water partition coefficient (Wildman–Crippen LogP) is 4.89. The minimum atomic E-state index is -1.48. The topological polar surface area (TPSA) is 86.0 Å². The third-order valence-electron chi connectivity index (χ3n) is 1.85. The van der Waals surface area contributed by atoms with Gasteiger partial charge in [-0.25, -0.2) is 0 Å². The Morgan fingerprint density at radius 1 is 0.682 bits per heavy atom. The van der Waals surface area contributed by atoms with Crippen LogP contribution in [0.1, 0.15) is 0 Å². The van der Waals surface area contributed by atoms with Crippen LogP contribution in [-0.2, 0) is 0 Å². The van der Waals surface area contributed by atoms with Crippen molar-refractivity contribution in [2.45, 2.75) is 13.0 Å². The van der Waals surface area contributed by atoms with Crippen LogP contribution >= 0.6 is 101 Å². The van der Waals surface area contributed by atoms with Gasteiger partial charge in [0.15, 0.2) is 24.9 Å². The second-order valence-electron chi connectivity index (χ2n) is 3.28. The number of nitrogens with one attached hydrogen (secondary N) is 3. The third-order valence-corrected chi connectivity index (χ3v) is 18.0. The highest BCUT2D eigenvalue weighted by Crippen LogP contribution is 2.43. The summed E-state index contributed by atoms with van der Waals surface area (Å²) in [6.45, 7) is 0. The fourth-order valence-electron chi connectivity index (χ4n) is 1.12. The van der Waals surface area contributed by atoms with Gasteiger partial charge in [-0.2, -0.15) is 45.7 Å². The summed E-state index contributed by atoms with van der Waals surface area (Å²) in [6.07, 6.45) is 0. The maximum Gasteiger partial charge on any atom is 0.536 e. The molecule has 6 nitrogen and oxygen atoms in total. The Kier molecular flexibility index (Phi) is 6.72. The predicted molar refractivity (Wildman–Crippen MR) is 105 cm³/mol. The van der Waals surface area contributed by atoms with Gasteiger partial charge in [0, 0.05) is 0 Å². The van der Waals surface area contributed by atoms with Gasteiger partial charge in [-0.15, -0.1) is 0 Å². The Hall–Kier alpha value is 0.922. The van der Waals surface area contributed by atoms with Gasteiger partial charge in [0.05, 0.1) is 0 Å². The number of aromatic amines is 3. The summed E-state index contributed by atoms with van der Waals surface area (Å²) in [7, 11) is 3.71. The molecule has 3 N–H and O–H groups in total. The van der Waals surface area contributed by atoms with E-state index in [-0.39, 0.29) is 0 Å². The van der Waals surface area contributed by atoms with Gasteiger partial charge in [0.1, 0.15) is 0 Å². The first-order chi connectivity index (χ1) is 10.6. The molecule has 114 valence electrons.